The summed E-state index contributed by atoms with van der Waals surface area (Å²) in [6, 6.07) is 10.3. The maximum atomic E-state index is 11.1. The van der Waals surface area contributed by atoms with Gasteiger partial charge in [-0.15, -0.1) is 11.3 Å². The Morgan fingerprint density at radius 1 is 1.21 bits per heavy atom. The molecule has 3 rings (SSSR count). The SMILES string of the molecule is O=C(O)c1ccccc1-c1nc(-c2cccs2)no1. The van der Waals surface area contributed by atoms with Crippen molar-refractivity contribution < 1.29 is 14.4 Å². The lowest BCUT2D eigenvalue weighted by molar-refractivity contribution is 0.0697. The van der Waals surface area contributed by atoms with Crippen molar-refractivity contribution in [2.75, 3.05) is 0 Å². The Labute approximate surface area is 112 Å². The lowest BCUT2D eigenvalue weighted by atomic mass is 10.1. The molecular weight excluding hydrogens is 264 g/mol. The van der Waals surface area contributed by atoms with E-state index < -0.39 is 5.97 Å². The quantitative estimate of drug-likeness (QED) is 0.792. The molecule has 0 radical (unpaired) electrons. The van der Waals surface area contributed by atoms with Crippen LogP contribution >= 0.6 is 11.3 Å². The molecular formula is C13H8N2O3S. The van der Waals surface area contributed by atoms with E-state index in [1.165, 1.54) is 17.4 Å². The highest BCUT2D eigenvalue weighted by Gasteiger charge is 2.17. The van der Waals surface area contributed by atoms with Gasteiger partial charge in [0, 0.05) is 0 Å². The molecule has 0 spiro atoms. The van der Waals surface area contributed by atoms with Gasteiger partial charge in [-0.2, -0.15) is 4.98 Å². The summed E-state index contributed by atoms with van der Waals surface area (Å²) >= 11 is 1.49. The lowest BCUT2D eigenvalue weighted by Gasteiger charge is -1.99. The molecule has 0 aliphatic rings. The molecule has 1 N–H and O–H groups in total. The second-order valence-electron chi connectivity index (χ2n) is 3.75. The zero-order valence-corrected chi connectivity index (χ0v) is 10.4. The van der Waals surface area contributed by atoms with E-state index in [2.05, 4.69) is 10.1 Å². The molecule has 1 aromatic carbocycles. The number of hydrogen-bond donors (Lipinski definition) is 1. The number of aromatic nitrogens is 2. The second kappa shape index (κ2) is 4.66. The van der Waals surface area contributed by atoms with E-state index >= 15 is 0 Å². The summed E-state index contributed by atoms with van der Waals surface area (Å²) in [6.07, 6.45) is 0. The van der Waals surface area contributed by atoms with Gasteiger partial charge in [0.15, 0.2) is 0 Å². The highest BCUT2D eigenvalue weighted by Crippen LogP contribution is 2.27. The lowest BCUT2D eigenvalue weighted by Crippen LogP contribution is -1.99. The van der Waals surface area contributed by atoms with E-state index in [0.29, 0.717) is 11.4 Å². The minimum atomic E-state index is -1.02. The molecule has 2 heterocycles. The monoisotopic (exact) mass is 272 g/mol. The zero-order valence-electron chi connectivity index (χ0n) is 9.61. The number of carboxylic acids is 1. The average molecular weight is 272 g/mol. The van der Waals surface area contributed by atoms with E-state index in [4.69, 9.17) is 9.63 Å². The van der Waals surface area contributed by atoms with Crippen LogP contribution in [0.25, 0.3) is 22.2 Å². The van der Waals surface area contributed by atoms with E-state index in [-0.39, 0.29) is 11.5 Å². The van der Waals surface area contributed by atoms with Gasteiger partial charge < -0.3 is 9.63 Å². The van der Waals surface area contributed by atoms with Gasteiger partial charge in [0.1, 0.15) is 0 Å². The first-order valence-corrected chi connectivity index (χ1v) is 6.34. The van der Waals surface area contributed by atoms with Crippen LogP contribution in [-0.2, 0) is 0 Å². The summed E-state index contributed by atoms with van der Waals surface area (Å²) in [5.41, 5.74) is 0.564. The fourth-order valence-electron chi connectivity index (χ4n) is 1.69. The predicted molar refractivity (Wildman–Crippen MR) is 70.0 cm³/mol. The number of hydrogen-bond acceptors (Lipinski definition) is 5. The highest BCUT2D eigenvalue weighted by molar-refractivity contribution is 7.13. The van der Waals surface area contributed by atoms with Gasteiger partial charge in [0.2, 0.25) is 5.82 Å². The van der Waals surface area contributed by atoms with Crippen molar-refractivity contribution in [1.82, 2.24) is 10.1 Å². The minimum Gasteiger partial charge on any atom is -0.478 e. The topological polar surface area (TPSA) is 76.2 Å². The van der Waals surface area contributed by atoms with Crippen molar-refractivity contribution in [1.29, 1.82) is 0 Å². The molecule has 5 nitrogen and oxygen atoms in total. The van der Waals surface area contributed by atoms with Crippen LogP contribution in [0, 0.1) is 0 Å². The first kappa shape index (κ1) is 11.6. The van der Waals surface area contributed by atoms with Crippen LogP contribution in [-0.4, -0.2) is 21.2 Å². The Kier molecular flexibility index (Phi) is 2.85. The maximum Gasteiger partial charge on any atom is 0.336 e. The molecule has 0 amide bonds. The number of aromatic carboxylic acids is 1. The number of rotatable bonds is 3. The molecule has 2 aromatic heterocycles. The third kappa shape index (κ3) is 2.13. The van der Waals surface area contributed by atoms with E-state index in [1.807, 2.05) is 17.5 Å². The predicted octanol–water partition coefficient (Wildman–Crippen LogP) is 3.16. The van der Waals surface area contributed by atoms with Crippen molar-refractivity contribution in [2.24, 2.45) is 0 Å². The van der Waals surface area contributed by atoms with Crippen molar-refractivity contribution in [3.8, 4) is 22.2 Å². The first-order chi connectivity index (χ1) is 9.25. The molecule has 0 saturated carbocycles. The molecule has 0 aliphatic heterocycles. The molecule has 19 heavy (non-hydrogen) atoms. The molecule has 6 heteroatoms. The Morgan fingerprint density at radius 3 is 2.79 bits per heavy atom. The third-order valence-electron chi connectivity index (χ3n) is 2.56. The fourth-order valence-corrected chi connectivity index (χ4v) is 2.34. The number of nitrogens with zero attached hydrogens (tertiary/aromatic N) is 2. The summed E-state index contributed by atoms with van der Waals surface area (Å²) in [6.45, 7) is 0. The Morgan fingerprint density at radius 2 is 2.05 bits per heavy atom. The zero-order chi connectivity index (χ0) is 13.2. The normalized spacial score (nSPS) is 10.5. The van der Waals surface area contributed by atoms with E-state index in [0.717, 1.165) is 4.88 Å². The van der Waals surface area contributed by atoms with Crippen LogP contribution in [0.4, 0.5) is 0 Å². The minimum absolute atomic E-state index is 0.142. The number of thiophene rings is 1. The summed E-state index contributed by atoms with van der Waals surface area (Å²) in [4.78, 5) is 16.3. The van der Waals surface area contributed by atoms with Crippen LogP contribution in [0.15, 0.2) is 46.3 Å². The van der Waals surface area contributed by atoms with Crippen LogP contribution in [0.1, 0.15) is 10.4 Å². The van der Waals surface area contributed by atoms with Gasteiger partial charge in [0.25, 0.3) is 5.89 Å². The standard InChI is InChI=1S/C13H8N2O3S/c16-13(17)9-5-2-1-4-8(9)12-14-11(15-18-12)10-6-3-7-19-10/h1-7H,(H,16,17). The molecule has 0 unspecified atom stereocenters. The number of carbonyl (C=O) groups is 1. The molecule has 0 bridgehead atoms. The number of benzene rings is 1. The smallest absolute Gasteiger partial charge is 0.336 e. The van der Waals surface area contributed by atoms with Gasteiger partial charge in [0.05, 0.1) is 16.0 Å². The van der Waals surface area contributed by atoms with Crippen LogP contribution < -0.4 is 0 Å². The van der Waals surface area contributed by atoms with E-state index in [1.54, 1.807) is 18.2 Å². The van der Waals surface area contributed by atoms with Gasteiger partial charge in [-0.05, 0) is 23.6 Å². The third-order valence-corrected chi connectivity index (χ3v) is 3.42. The molecule has 94 valence electrons. The van der Waals surface area contributed by atoms with Gasteiger partial charge in [-0.25, -0.2) is 4.79 Å². The van der Waals surface area contributed by atoms with Crippen molar-refractivity contribution in [2.45, 2.75) is 0 Å². The molecule has 0 fully saturated rings. The van der Waals surface area contributed by atoms with Crippen molar-refractivity contribution in [3.05, 3.63) is 47.3 Å². The summed E-state index contributed by atoms with van der Waals surface area (Å²) in [5.74, 6) is -0.349. The molecule has 0 aliphatic carbocycles. The molecule has 0 atom stereocenters. The first-order valence-electron chi connectivity index (χ1n) is 5.46. The highest BCUT2D eigenvalue weighted by atomic mass is 32.1. The Balaban J connectivity index is 2.06. The second-order valence-corrected chi connectivity index (χ2v) is 4.70. The van der Waals surface area contributed by atoms with Gasteiger partial charge in [-0.1, -0.05) is 23.4 Å². The Hall–Kier alpha value is -2.47. The van der Waals surface area contributed by atoms with Crippen LogP contribution in [0.2, 0.25) is 0 Å². The van der Waals surface area contributed by atoms with Crippen molar-refractivity contribution >= 4 is 17.3 Å². The number of carboxylic acid groups (broad SMARTS) is 1. The van der Waals surface area contributed by atoms with Crippen molar-refractivity contribution in [3.63, 3.8) is 0 Å². The summed E-state index contributed by atoms with van der Waals surface area (Å²) in [7, 11) is 0. The average Bonchev–Trinajstić information content (AvgIpc) is 3.09. The van der Waals surface area contributed by atoms with Crippen LogP contribution in [0.5, 0.6) is 0 Å². The van der Waals surface area contributed by atoms with Gasteiger partial charge >= 0.3 is 5.97 Å². The Bertz CT molecular complexity index is 719. The maximum absolute atomic E-state index is 11.1. The molecule has 3 aromatic rings. The molecule has 0 saturated heterocycles. The fraction of sp³-hybridized carbons (Fsp3) is 0. The summed E-state index contributed by atoms with van der Waals surface area (Å²) < 4.78 is 5.15. The largest absolute Gasteiger partial charge is 0.478 e. The summed E-state index contributed by atoms with van der Waals surface area (Å²) in [5, 5.41) is 14.9. The van der Waals surface area contributed by atoms with Gasteiger partial charge in [-0.3, -0.25) is 0 Å². The van der Waals surface area contributed by atoms with E-state index in [9.17, 15) is 4.79 Å². The van der Waals surface area contributed by atoms with Crippen LogP contribution in [0.3, 0.4) is 0 Å².